The molecular weight excluding hydrogens is 402 g/mol. The number of rotatable bonds is 4. The number of halogens is 3. The standard InChI is InChI=1S/C20H13Cl2FN4O/c21-15-3-1-13(17(22)18(15)23)10-25-20(28)12-2-4-16-14(9-12)19(27-26-16)11-5-7-24-8-6-11/h1-9H,10H2,(H,25,28)(H,26,27). The van der Waals surface area contributed by atoms with Crippen LogP contribution >= 0.6 is 23.2 Å². The maximum Gasteiger partial charge on any atom is 0.251 e. The molecule has 4 aromatic rings. The zero-order valence-electron chi connectivity index (χ0n) is 14.3. The molecule has 2 aromatic heterocycles. The second-order valence-corrected chi connectivity index (χ2v) is 6.87. The van der Waals surface area contributed by atoms with Crippen LogP contribution in [0.15, 0.2) is 54.9 Å². The zero-order valence-corrected chi connectivity index (χ0v) is 15.9. The lowest BCUT2D eigenvalue weighted by Gasteiger charge is -2.09. The van der Waals surface area contributed by atoms with Crippen molar-refractivity contribution in [3.8, 4) is 11.3 Å². The first kappa shape index (κ1) is 18.4. The van der Waals surface area contributed by atoms with E-state index in [1.807, 2.05) is 12.1 Å². The molecule has 8 heteroatoms. The smallest absolute Gasteiger partial charge is 0.251 e. The number of nitrogens with one attached hydrogen (secondary N) is 2. The molecular formula is C20H13Cl2FN4O. The second kappa shape index (κ2) is 7.58. The average molecular weight is 415 g/mol. The Bertz CT molecular complexity index is 1180. The van der Waals surface area contributed by atoms with Crippen molar-refractivity contribution in [3.63, 3.8) is 0 Å². The average Bonchev–Trinajstić information content (AvgIpc) is 3.15. The first-order chi connectivity index (χ1) is 13.5. The van der Waals surface area contributed by atoms with E-state index in [1.54, 1.807) is 36.7 Å². The fourth-order valence-corrected chi connectivity index (χ4v) is 3.30. The third-order valence-corrected chi connectivity index (χ3v) is 5.03. The van der Waals surface area contributed by atoms with Crippen molar-refractivity contribution in [3.05, 3.63) is 81.8 Å². The van der Waals surface area contributed by atoms with Crippen LogP contribution in [0.2, 0.25) is 10.0 Å². The molecule has 0 spiro atoms. The van der Waals surface area contributed by atoms with Crippen molar-refractivity contribution in [2.45, 2.75) is 6.54 Å². The molecule has 0 aliphatic heterocycles. The van der Waals surface area contributed by atoms with Crippen molar-refractivity contribution < 1.29 is 9.18 Å². The SMILES string of the molecule is O=C(NCc1ccc(Cl)c(F)c1Cl)c1ccc2[nH]nc(-c3ccncc3)c2c1. The summed E-state index contributed by atoms with van der Waals surface area (Å²) in [6.45, 7) is 0.0758. The van der Waals surface area contributed by atoms with Crippen molar-refractivity contribution in [2.75, 3.05) is 0 Å². The van der Waals surface area contributed by atoms with E-state index in [0.717, 1.165) is 22.2 Å². The Morgan fingerprint density at radius 1 is 1.11 bits per heavy atom. The molecule has 0 aliphatic rings. The van der Waals surface area contributed by atoms with Gasteiger partial charge >= 0.3 is 0 Å². The van der Waals surface area contributed by atoms with Gasteiger partial charge < -0.3 is 5.32 Å². The largest absolute Gasteiger partial charge is 0.348 e. The Balaban J connectivity index is 1.59. The molecule has 0 aliphatic carbocycles. The van der Waals surface area contributed by atoms with Crippen LogP contribution in [-0.2, 0) is 6.54 Å². The summed E-state index contributed by atoms with van der Waals surface area (Å²) >= 11 is 11.6. The minimum absolute atomic E-state index is 0.0610. The van der Waals surface area contributed by atoms with Crippen molar-refractivity contribution in [1.82, 2.24) is 20.5 Å². The number of aromatic nitrogens is 3. The predicted molar refractivity (Wildman–Crippen MR) is 107 cm³/mol. The number of hydrogen-bond donors (Lipinski definition) is 2. The van der Waals surface area contributed by atoms with E-state index >= 15 is 0 Å². The summed E-state index contributed by atoms with van der Waals surface area (Å²) in [6.07, 6.45) is 3.36. The molecule has 2 N–H and O–H groups in total. The van der Waals surface area contributed by atoms with Crippen LogP contribution in [0.4, 0.5) is 4.39 Å². The Kier molecular flexibility index (Phi) is 4.98. The van der Waals surface area contributed by atoms with E-state index in [2.05, 4.69) is 20.5 Å². The molecule has 28 heavy (non-hydrogen) atoms. The van der Waals surface area contributed by atoms with Crippen LogP contribution in [0.1, 0.15) is 15.9 Å². The lowest BCUT2D eigenvalue weighted by atomic mass is 10.1. The van der Waals surface area contributed by atoms with Gasteiger partial charge in [-0.15, -0.1) is 0 Å². The fourth-order valence-electron chi connectivity index (χ4n) is 2.87. The van der Waals surface area contributed by atoms with Gasteiger partial charge in [-0.3, -0.25) is 14.9 Å². The van der Waals surface area contributed by atoms with Crippen LogP contribution < -0.4 is 5.32 Å². The quantitative estimate of drug-likeness (QED) is 0.461. The summed E-state index contributed by atoms with van der Waals surface area (Å²) < 4.78 is 13.8. The highest BCUT2D eigenvalue weighted by Gasteiger charge is 2.14. The first-order valence-electron chi connectivity index (χ1n) is 8.33. The molecule has 140 valence electrons. The van der Waals surface area contributed by atoms with Crippen molar-refractivity contribution >= 4 is 40.0 Å². The molecule has 1 amide bonds. The van der Waals surface area contributed by atoms with E-state index in [9.17, 15) is 9.18 Å². The first-order valence-corrected chi connectivity index (χ1v) is 9.09. The van der Waals surface area contributed by atoms with Gasteiger partial charge in [-0.25, -0.2) is 4.39 Å². The molecule has 2 heterocycles. The van der Waals surface area contributed by atoms with E-state index in [4.69, 9.17) is 23.2 Å². The number of carbonyl (C=O) groups is 1. The van der Waals surface area contributed by atoms with Gasteiger partial charge in [0.2, 0.25) is 0 Å². The monoisotopic (exact) mass is 414 g/mol. The topological polar surface area (TPSA) is 70.7 Å². The molecule has 0 saturated carbocycles. The number of pyridine rings is 1. The summed E-state index contributed by atoms with van der Waals surface area (Å²) in [6, 6.07) is 11.9. The number of aromatic amines is 1. The fraction of sp³-hybridized carbons (Fsp3) is 0.0500. The van der Waals surface area contributed by atoms with Gasteiger partial charge in [-0.2, -0.15) is 5.10 Å². The van der Waals surface area contributed by atoms with Crippen LogP contribution in [-0.4, -0.2) is 21.1 Å². The van der Waals surface area contributed by atoms with Gasteiger partial charge in [-0.05, 0) is 42.0 Å². The van der Waals surface area contributed by atoms with Crippen molar-refractivity contribution in [1.29, 1.82) is 0 Å². The highest BCUT2D eigenvalue weighted by Crippen LogP contribution is 2.28. The predicted octanol–water partition coefficient (Wildman–Crippen LogP) is 5.00. The normalized spacial score (nSPS) is 11.0. The van der Waals surface area contributed by atoms with Crippen LogP contribution in [0.3, 0.4) is 0 Å². The summed E-state index contributed by atoms with van der Waals surface area (Å²) in [5, 5.41) is 10.7. The summed E-state index contributed by atoms with van der Waals surface area (Å²) in [5.74, 6) is -1.01. The summed E-state index contributed by atoms with van der Waals surface area (Å²) in [5.41, 5.74) is 3.33. The minimum Gasteiger partial charge on any atom is -0.348 e. The van der Waals surface area contributed by atoms with Gasteiger partial charge in [-0.1, -0.05) is 29.3 Å². The Morgan fingerprint density at radius 3 is 2.68 bits per heavy atom. The molecule has 0 saturated heterocycles. The molecule has 4 rings (SSSR count). The van der Waals surface area contributed by atoms with E-state index in [1.165, 1.54) is 6.07 Å². The Labute approximate surface area is 169 Å². The number of H-pyrrole nitrogens is 1. The van der Waals surface area contributed by atoms with Gasteiger partial charge in [0.25, 0.3) is 5.91 Å². The van der Waals surface area contributed by atoms with Crippen molar-refractivity contribution in [2.24, 2.45) is 0 Å². The molecule has 2 aromatic carbocycles. The maximum atomic E-state index is 13.8. The number of amides is 1. The Hall–Kier alpha value is -2.96. The highest BCUT2D eigenvalue weighted by molar-refractivity contribution is 6.35. The maximum absolute atomic E-state index is 13.8. The number of fused-ring (bicyclic) bond motifs is 1. The number of carbonyl (C=O) groups excluding carboxylic acids is 1. The number of hydrogen-bond acceptors (Lipinski definition) is 3. The lowest BCUT2D eigenvalue weighted by Crippen LogP contribution is -2.23. The number of benzene rings is 2. The van der Waals surface area contributed by atoms with Gasteiger partial charge in [0.05, 0.1) is 15.6 Å². The Morgan fingerprint density at radius 2 is 1.89 bits per heavy atom. The summed E-state index contributed by atoms with van der Waals surface area (Å²) in [4.78, 5) is 16.6. The molecule has 0 radical (unpaired) electrons. The molecule has 0 fully saturated rings. The third-order valence-electron chi connectivity index (χ3n) is 4.33. The molecule has 0 unspecified atom stereocenters. The molecule has 0 atom stereocenters. The third kappa shape index (κ3) is 3.44. The minimum atomic E-state index is -0.697. The number of nitrogens with zero attached hydrogens (tertiary/aromatic N) is 2. The van der Waals surface area contributed by atoms with Gasteiger partial charge in [0.15, 0.2) is 5.82 Å². The molecule has 0 bridgehead atoms. The van der Waals surface area contributed by atoms with Crippen LogP contribution in [0.25, 0.3) is 22.2 Å². The summed E-state index contributed by atoms with van der Waals surface area (Å²) in [7, 11) is 0. The van der Waals surface area contributed by atoms with E-state index in [0.29, 0.717) is 11.1 Å². The van der Waals surface area contributed by atoms with Gasteiger partial charge in [0, 0.05) is 35.5 Å². The molecule has 5 nitrogen and oxygen atoms in total. The van der Waals surface area contributed by atoms with Gasteiger partial charge in [0.1, 0.15) is 5.69 Å². The zero-order chi connectivity index (χ0) is 19.7. The highest BCUT2D eigenvalue weighted by atomic mass is 35.5. The second-order valence-electron chi connectivity index (χ2n) is 6.09. The van der Waals surface area contributed by atoms with Crippen LogP contribution in [0, 0.1) is 5.82 Å². The van der Waals surface area contributed by atoms with Crippen LogP contribution in [0.5, 0.6) is 0 Å². The lowest BCUT2D eigenvalue weighted by molar-refractivity contribution is 0.0951. The van der Waals surface area contributed by atoms with E-state index in [-0.39, 0.29) is 22.5 Å². The van der Waals surface area contributed by atoms with E-state index < -0.39 is 5.82 Å².